The Morgan fingerprint density at radius 3 is 3.09 bits per heavy atom. The highest BCUT2D eigenvalue weighted by molar-refractivity contribution is 6.01. The van der Waals surface area contributed by atoms with Crippen LogP contribution in [0.1, 0.15) is 30.5 Å². The maximum atomic E-state index is 12.2. The van der Waals surface area contributed by atoms with E-state index < -0.39 is 0 Å². The average molecular weight is 299 g/mol. The number of pyridine rings is 1. The highest BCUT2D eigenvalue weighted by atomic mass is 16.3. The Morgan fingerprint density at radius 1 is 1.50 bits per heavy atom. The molecule has 2 aromatic rings. The largest absolute Gasteiger partial charge is 0.392 e. The van der Waals surface area contributed by atoms with Crippen LogP contribution in [0.5, 0.6) is 0 Å². The van der Waals surface area contributed by atoms with Crippen molar-refractivity contribution in [1.82, 2.24) is 10.3 Å². The molecule has 1 aliphatic heterocycles. The number of hydrogen-bond acceptors (Lipinski definition) is 4. The van der Waals surface area contributed by atoms with Gasteiger partial charge in [-0.3, -0.25) is 9.78 Å². The Morgan fingerprint density at radius 2 is 2.36 bits per heavy atom. The summed E-state index contributed by atoms with van der Waals surface area (Å²) in [6, 6.07) is 7.80. The molecule has 0 radical (unpaired) electrons. The first-order valence-corrected chi connectivity index (χ1v) is 7.70. The van der Waals surface area contributed by atoms with Crippen molar-refractivity contribution in [3.8, 4) is 0 Å². The molecule has 0 aliphatic carbocycles. The zero-order valence-corrected chi connectivity index (χ0v) is 12.7. The van der Waals surface area contributed by atoms with Crippen molar-refractivity contribution in [3.63, 3.8) is 0 Å². The van der Waals surface area contributed by atoms with Gasteiger partial charge in [-0.1, -0.05) is 12.1 Å². The standard InChI is InChI=1S/C17H21N3O2/c1-11-8-12(10-21)14-5-2-6-15(17(14)19-11)20-16(22)9-13-4-3-7-18-13/h2,5-6,8,13,18,21H,3-4,7,9-10H2,1H3,(H,20,22)/t13-/m1/s1. The van der Waals surface area contributed by atoms with Crippen molar-refractivity contribution in [2.45, 2.75) is 38.8 Å². The summed E-state index contributed by atoms with van der Waals surface area (Å²) in [5.74, 6) is 0.000699. The first-order chi connectivity index (χ1) is 10.7. The summed E-state index contributed by atoms with van der Waals surface area (Å²) < 4.78 is 0. The fraction of sp³-hybridized carbons (Fsp3) is 0.412. The topological polar surface area (TPSA) is 74.2 Å². The third-order valence-corrected chi connectivity index (χ3v) is 4.09. The van der Waals surface area contributed by atoms with E-state index in [9.17, 15) is 9.90 Å². The van der Waals surface area contributed by atoms with Crippen LogP contribution in [0, 0.1) is 6.92 Å². The van der Waals surface area contributed by atoms with Gasteiger partial charge in [-0.05, 0) is 44.0 Å². The Labute approximate surface area is 129 Å². The molecule has 3 rings (SSSR count). The fourth-order valence-electron chi connectivity index (χ4n) is 3.05. The molecular formula is C17H21N3O2. The number of hydrogen-bond donors (Lipinski definition) is 3. The number of fused-ring (bicyclic) bond motifs is 1. The van der Waals surface area contributed by atoms with E-state index in [2.05, 4.69) is 15.6 Å². The minimum atomic E-state index is -0.0384. The number of para-hydroxylation sites is 1. The molecule has 1 fully saturated rings. The number of aryl methyl sites for hydroxylation is 1. The maximum absolute atomic E-state index is 12.2. The highest BCUT2D eigenvalue weighted by Crippen LogP contribution is 2.25. The maximum Gasteiger partial charge on any atom is 0.225 e. The van der Waals surface area contributed by atoms with Crippen molar-refractivity contribution in [1.29, 1.82) is 0 Å². The van der Waals surface area contributed by atoms with Crippen molar-refractivity contribution in [2.75, 3.05) is 11.9 Å². The van der Waals surface area contributed by atoms with Gasteiger partial charge in [0.1, 0.15) is 0 Å². The van der Waals surface area contributed by atoms with Crippen molar-refractivity contribution in [2.24, 2.45) is 0 Å². The van der Waals surface area contributed by atoms with E-state index in [1.165, 1.54) is 0 Å². The molecule has 1 aromatic carbocycles. The first-order valence-electron chi connectivity index (χ1n) is 7.70. The monoisotopic (exact) mass is 299 g/mol. The molecule has 0 bridgehead atoms. The summed E-state index contributed by atoms with van der Waals surface area (Å²) in [7, 11) is 0. The van der Waals surface area contributed by atoms with E-state index in [1.54, 1.807) is 0 Å². The lowest BCUT2D eigenvalue weighted by atomic mass is 10.1. The molecule has 5 nitrogen and oxygen atoms in total. The van der Waals surface area contributed by atoms with E-state index in [0.29, 0.717) is 12.1 Å². The zero-order chi connectivity index (χ0) is 15.5. The van der Waals surface area contributed by atoms with Crippen LogP contribution in [0.3, 0.4) is 0 Å². The van der Waals surface area contributed by atoms with Gasteiger partial charge in [-0.25, -0.2) is 0 Å². The van der Waals surface area contributed by atoms with E-state index in [-0.39, 0.29) is 18.6 Å². The zero-order valence-electron chi connectivity index (χ0n) is 12.7. The Hall–Kier alpha value is -1.98. The van der Waals surface area contributed by atoms with Crippen LogP contribution < -0.4 is 10.6 Å². The third kappa shape index (κ3) is 3.10. The van der Waals surface area contributed by atoms with Crippen molar-refractivity contribution < 1.29 is 9.90 Å². The normalized spacial score (nSPS) is 17.8. The molecule has 0 saturated carbocycles. The number of aliphatic hydroxyl groups excluding tert-OH is 1. The van der Waals surface area contributed by atoms with E-state index in [0.717, 1.165) is 41.5 Å². The van der Waals surface area contributed by atoms with Gasteiger partial charge >= 0.3 is 0 Å². The second-order valence-corrected chi connectivity index (χ2v) is 5.83. The summed E-state index contributed by atoms with van der Waals surface area (Å²) >= 11 is 0. The number of nitrogens with zero attached hydrogens (tertiary/aromatic N) is 1. The second kappa shape index (κ2) is 6.42. The lowest BCUT2D eigenvalue weighted by Crippen LogP contribution is -2.27. The van der Waals surface area contributed by atoms with Crippen LogP contribution in [0.4, 0.5) is 5.69 Å². The Kier molecular flexibility index (Phi) is 4.36. The summed E-state index contributed by atoms with van der Waals surface area (Å²) in [6.07, 6.45) is 2.66. The van der Waals surface area contributed by atoms with E-state index in [4.69, 9.17) is 0 Å². The number of carbonyl (C=O) groups excluding carboxylic acids is 1. The lowest BCUT2D eigenvalue weighted by Gasteiger charge is -2.13. The molecule has 116 valence electrons. The van der Waals surface area contributed by atoms with Gasteiger partial charge in [-0.15, -0.1) is 0 Å². The number of aromatic nitrogens is 1. The quantitative estimate of drug-likeness (QED) is 0.808. The first kappa shape index (κ1) is 14.9. The Bertz CT molecular complexity index is 694. The van der Waals surface area contributed by atoms with Crippen LogP contribution >= 0.6 is 0 Å². The molecular weight excluding hydrogens is 278 g/mol. The van der Waals surface area contributed by atoms with Gasteiger partial charge in [0, 0.05) is 23.5 Å². The molecule has 3 N–H and O–H groups in total. The van der Waals surface area contributed by atoms with Crippen LogP contribution in [-0.4, -0.2) is 28.6 Å². The molecule has 1 amide bonds. The van der Waals surface area contributed by atoms with Crippen LogP contribution in [0.2, 0.25) is 0 Å². The fourth-order valence-corrected chi connectivity index (χ4v) is 3.05. The highest BCUT2D eigenvalue weighted by Gasteiger charge is 2.18. The van der Waals surface area contributed by atoms with Gasteiger partial charge in [-0.2, -0.15) is 0 Å². The summed E-state index contributed by atoms with van der Waals surface area (Å²) in [5, 5.41) is 16.7. The molecule has 1 aromatic heterocycles. The van der Waals surface area contributed by atoms with Gasteiger partial charge in [0.05, 0.1) is 17.8 Å². The number of benzene rings is 1. The Balaban J connectivity index is 1.86. The predicted octanol–water partition coefficient (Wildman–Crippen LogP) is 2.12. The molecule has 0 unspecified atom stereocenters. The molecule has 1 atom stereocenters. The van der Waals surface area contributed by atoms with Crippen molar-refractivity contribution >= 4 is 22.5 Å². The number of rotatable bonds is 4. The lowest BCUT2D eigenvalue weighted by molar-refractivity contribution is -0.116. The van der Waals surface area contributed by atoms with Crippen LogP contribution in [-0.2, 0) is 11.4 Å². The molecule has 22 heavy (non-hydrogen) atoms. The molecule has 0 spiro atoms. The minimum Gasteiger partial charge on any atom is -0.392 e. The number of anilines is 1. The SMILES string of the molecule is Cc1cc(CO)c2cccc(NC(=O)C[C@H]3CCCN3)c2n1. The van der Waals surface area contributed by atoms with Gasteiger partial charge < -0.3 is 15.7 Å². The van der Waals surface area contributed by atoms with Gasteiger partial charge in [0.2, 0.25) is 5.91 Å². The number of nitrogens with one attached hydrogen (secondary N) is 2. The van der Waals surface area contributed by atoms with Crippen molar-refractivity contribution in [3.05, 3.63) is 35.5 Å². The average Bonchev–Trinajstić information content (AvgIpc) is 3.00. The van der Waals surface area contributed by atoms with Gasteiger partial charge in [0.25, 0.3) is 0 Å². The summed E-state index contributed by atoms with van der Waals surface area (Å²) in [5.41, 5.74) is 3.10. The second-order valence-electron chi connectivity index (χ2n) is 5.83. The third-order valence-electron chi connectivity index (χ3n) is 4.09. The summed E-state index contributed by atoms with van der Waals surface area (Å²) in [4.78, 5) is 16.8. The van der Waals surface area contributed by atoms with Gasteiger partial charge in [0.15, 0.2) is 0 Å². The number of amides is 1. The molecule has 5 heteroatoms. The van der Waals surface area contributed by atoms with E-state index >= 15 is 0 Å². The minimum absolute atomic E-state index is 0.000699. The van der Waals surface area contributed by atoms with E-state index in [1.807, 2.05) is 31.2 Å². The van der Waals surface area contributed by atoms with Crippen LogP contribution in [0.25, 0.3) is 10.9 Å². The summed E-state index contributed by atoms with van der Waals surface area (Å²) in [6.45, 7) is 2.84. The predicted molar refractivity (Wildman–Crippen MR) is 86.7 cm³/mol. The number of aliphatic hydroxyl groups is 1. The molecule has 1 saturated heterocycles. The molecule has 1 aliphatic rings. The molecule has 2 heterocycles. The number of carbonyl (C=O) groups is 1. The van der Waals surface area contributed by atoms with Crippen LogP contribution in [0.15, 0.2) is 24.3 Å². The smallest absolute Gasteiger partial charge is 0.225 e.